The summed E-state index contributed by atoms with van der Waals surface area (Å²) in [7, 11) is 0. The van der Waals surface area contributed by atoms with Crippen LogP contribution in [-0.2, 0) is 6.42 Å². The van der Waals surface area contributed by atoms with Gasteiger partial charge in [0.1, 0.15) is 5.56 Å². The number of thiophene rings is 1. The molecule has 0 saturated carbocycles. The molecule has 126 valence electrons. The highest BCUT2D eigenvalue weighted by atomic mass is 32.1. The number of fused-ring (bicyclic) bond motifs is 1. The van der Waals surface area contributed by atoms with Crippen LogP contribution in [0.2, 0.25) is 0 Å². The molecule has 1 N–H and O–H groups in total. The minimum absolute atomic E-state index is 0.0144. The molecule has 1 aliphatic rings. The van der Waals surface area contributed by atoms with Crippen molar-refractivity contribution >= 4 is 23.0 Å². The summed E-state index contributed by atoms with van der Waals surface area (Å²) in [6.45, 7) is 4.79. The van der Waals surface area contributed by atoms with Gasteiger partial charge in [-0.3, -0.25) is 14.4 Å². The van der Waals surface area contributed by atoms with E-state index in [0.29, 0.717) is 37.2 Å². The van der Waals surface area contributed by atoms with E-state index in [1.807, 2.05) is 31.4 Å². The lowest BCUT2D eigenvalue weighted by Crippen LogP contribution is -2.36. The molecule has 2 aromatic heterocycles. The number of aromatic amines is 1. The first-order valence-corrected chi connectivity index (χ1v) is 9.05. The summed E-state index contributed by atoms with van der Waals surface area (Å²) in [4.78, 5) is 42.9. The fraction of sp³-hybridized carbons (Fsp3) is 0.389. The molecule has 5 nitrogen and oxygen atoms in total. The minimum atomic E-state index is -0.412. The van der Waals surface area contributed by atoms with E-state index in [-0.39, 0.29) is 23.2 Å². The van der Waals surface area contributed by atoms with Crippen molar-refractivity contribution in [3.63, 3.8) is 0 Å². The number of rotatable bonds is 4. The topological polar surface area (TPSA) is 70.2 Å². The average Bonchev–Trinajstić information content (AvgIpc) is 3.09. The molecular formula is C18H20N2O3S. The molecule has 1 atom stereocenters. The Kier molecular flexibility index (Phi) is 4.66. The molecule has 1 aliphatic carbocycles. The Morgan fingerprint density at radius 3 is 2.67 bits per heavy atom. The van der Waals surface area contributed by atoms with Crippen molar-refractivity contribution in [1.82, 2.24) is 9.88 Å². The number of hydrogen-bond donors (Lipinski definition) is 1. The van der Waals surface area contributed by atoms with E-state index in [0.717, 1.165) is 4.88 Å². The highest BCUT2D eigenvalue weighted by molar-refractivity contribution is 7.10. The number of nitrogens with one attached hydrogen (secondary N) is 1. The lowest BCUT2D eigenvalue weighted by Gasteiger charge is -2.24. The summed E-state index contributed by atoms with van der Waals surface area (Å²) < 4.78 is 0. The number of amides is 1. The van der Waals surface area contributed by atoms with E-state index < -0.39 is 5.56 Å². The first kappa shape index (κ1) is 16.6. The van der Waals surface area contributed by atoms with Crippen LogP contribution in [0.5, 0.6) is 0 Å². The van der Waals surface area contributed by atoms with Gasteiger partial charge < -0.3 is 9.88 Å². The highest BCUT2D eigenvalue weighted by Crippen LogP contribution is 2.33. The molecule has 0 saturated heterocycles. The number of nitrogens with zero attached hydrogens (tertiary/aromatic N) is 1. The van der Waals surface area contributed by atoms with E-state index in [2.05, 4.69) is 4.98 Å². The van der Waals surface area contributed by atoms with Gasteiger partial charge in [0, 0.05) is 41.6 Å². The zero-order valence-corrected chi connectivity index (χ0v) is 14.6. The predicted octanol–water partition coefficient (Wildman–Crippen LogP) is 2.83. The number of carbonyl (C=O) groups is 2. The molecular weight excluding hydrogens is 324 g/mol. The molecule has 3 rings (SSSR count). The summed E-state index contributed by atoms with van der Waals surface area (Å²) >= 11 is 1.62. The maximum Gasteiger partial charge on any atom is 0.261 e. The maximum atomic E-state index is 12.5. The summed E-state index contributed by atoms with van der Waals surface area (Å²) in [6, 6.07) is 5.47. The standard InChI is InChI=1S/C18H20N2O3S/c1-3-20(4-2)18(23)13-10-12-14(19-17(13)22)8-11(9-15(12)21)16-6-5-7-24-16/h5-7,10-11H,3-4,8-9H2,1-2H3,(H,19,22). The maximum absolute atomic E-state index is 12.5. The van der Waals surface area contributed by atoms with Gasteiger partial charge in [0.25, 0.3) is 11.5 Å². The van der Waals surface area contributed by atoms with Crippen LogP contribution in [0, 0.1) is 0 Å². The Bertz CT molecular complexity index is 819. The van der Waals surface area contributed by atoms with Crippen LogP contribution in [0.4, 0.5) is 0 Å². The van der Waals surface area contributed by atoms with Crippen molar-refractivity contribution in [2.24, 2.45) is 0 Å². The van der Waals surface area contributed by atoms with Crippen LogP contribution in [-0.4, -0.2) is 34.7 Å². The van der Waals surface area contributed by atoms with Crippen molar-refractivity contribution in [2.45, 2.75) is 32.6 Å². The third-order valence-corrected chi connectivity index (χ3v) is 5.57. The molecule has 0 aliphatic heterocycles. The van der Waals surface area contributed by atoms with Gasteiger partial charge in [-0.15, -0.1) is 11.3 Å². The Morgan fingerprint density at radius 1 is 1.29 bits per heavy atom. The first-order valence-electron chi connectivity index (χ1n) is 8.17. The predicted molar refractivity (Wildman–Crippen MR) is 94.0 cm³/mol. The van der Waals surface area contributed by atoms with Crippen molar-refractivity contribution in [3.8, 4) is 0 Å². The molecule has 0 radical (unpaired) electrons. The number of carbonyl (C=O) groups excluding carboxylic acids is 2. The number of hydrogen-bond acceptors (Lipinski definition) is 4. The van der Waals surface area contributed by atoms with Crippen LogP contribution in [0.25, 0.3) is 0 Å². The summed E-state index contributed by atoms with van der Waals surface area (Å²) in [5.41, 5.74) is 0.773. The number of Topliss-reactive ketones (excluding diaryl/α,β-unsaturated/α-hetero) is 1. The largest absolute Gasteiger partial charge is 0.339 e. The van der Waals surface area contributed by atoms with Crippen molar-refractivity contribution in [1.29, 1.82) is 0 Å². The molecule has 1 unspecified atom stereocenters. The first-order chi connectivity index (χ1) is 11.5. The van der Waals surface area contributed by atoms with E-state index in [9.17, 15) is 14.4 Å². The molecule has 0 spiro atoms. The normalized spacial score (nSPS) is 16.8. The Hall–Kier alpha value is -2.21. The van der Waals surface area contributed by atoms with Gasteiger partial charge in [-0.05, 0) is 37.8 Å². The minimum Gasteiger partial charge on any atom is -0.339 e. The summed E-state index contributed by atoms with van der Waals surface area (Å²) in [5, 5.41) is 1.99. The second-order valence-electron chi connectivity index (χ2n) is 5.93. The average molecular weight is 344 g/mol. The number of aromatic nitrogens is 1. The molecule has 0 fully saturated rings. The van der Waals surface area contributed by atoms with Gasteiger partial charge in [0.2, 0.25) is 0 Å². The Labute approximate surface area is 144 Å². The lowest BCUT2D eigenvalue weighted by molar-refractivity contribution is 0.0771. The molecule has 0 aromatic carbocycles. The lowest BCUT2D eigenvalue weighted by atomic mass is 9.84. The van der Waals surface area contributed by atoms with Crippen molar-refractivity contribution in [3.05, 3.63) is 55.6 Å². The fourth-order valence-corrected chi connectivity index (χ4v) is 4.03. The van der Waals surface area contributed by atoms with Crippen molar-refractivity contribution < 1.29 is 9.59 Å². The quantitative estimate of drug-likeness (QED) is 0.927. The zero-order valence-electron chi connectivity index (χ0n) is 13.8. The molecule has 0 bridgehead atoms. The molecule has 6 heteroatoms. The van der Waals surface area contributed by atoms with E-state index in [1.54, 1.807) is 16.2 Å². The van der Waals surface area contributed by atoms with Crippen LogP contribution in [0.15, 0.2) is 28.4 Å². The van der Waals surface area contributed by atoms with Crippen LogP contribution in [0.1, 0.15) is 57.5 Å². The van der Waals surface area contributed by atoms with Crippen molar-refractivity contribution in [2.75, 3.05) is 13.1 Å². The Morgan fingerprint density at radius 2 is 2.04 bits per heavy atom. The number of pyridine rings is 1. The van der Waals surface area contributed by atoms with Gasteiger partial charge in [-0.25, -0.2) is 0 Å². The molecule has 24 heavy (non-hydrogen) atoms. The number of H-pyrrole nitrogens is 1. The van der Waals surface area contributed by atoms with E-state index in [4.69, 9.17) is 0 Å². The summed E-state index contributed by atoms with van der Waals surface area (Å²) in [5.74, 6) is -0.235. The molecule has 2 aromatic rings. The van der Waals surface area contributed by atoms with Crippen LogP contribution in [0.3, 0.4) is 0 Å². The van der Waals surface area contributed by atoms with E-state index in [1.165, 1.54) is 6.07 Å². The third kappa shape index (κ3) is 2.94. The second-order valence-corrected chi connectivity index (χ2v) is 6.90. The van der Waals surface area contributed by atoms with Gasteiger partial charge in [0.15, 0.2) is 5.78 Å². The fourth-order valence-electron chi connectivity index (χ4n) is 3.20. The summed E-state index contributed by atoms with van der Waals surface area (Å²) in [6.07, 6.45) is 1.04. The van der Waals surface area contributed by atoms with Gasteiger partial charge in [-0.2, -0.15) is 0 Å². The Balaban J connectivity index is 1.97. The SMILES string of the molecule is CCN(CC)C(=O)c1cc2c([nH]c1=O)CC(c1cccs1)CC2=O. The number of ketones is 1. The molecule has 2 heterocycles. The molecule has 1 amide bonds. The highest BCUT2D eigenvalue weighted by Gasteiger charge is 2.29. The second kappa shape index (κ2) is 6.73. The smallest absolute Gasteiger partial charge is 0.261 e. The monoisotopic (exact) mass is 344 g/mol. The van der Waals surface area contributed by atoms with Gasteiger partial charge >= 0.3 is 0 Å². The third-order valence-electron chi connectivity index (χ3n) is 4.53. The van der Waals surface area contributed by atoms with Gasteiger partial charge in [-0.1, -0.05) is 6.07 Å². The zero-order chi connectivity index (χ0) is 17.3. The van der Waals surface area contributed by atoms with Crippen LogP contribution < -0.4 is 5.56 Å². The van der Waals surface area contributed by atoms with Gasteiger partial charge in [0.05, 0.1) is 0 Å². The van der Waals surface area contributed by atoms with Crippen LogP contribution >= 0.6 is 11.3 Å². The van der Waals surface area contributed by atoms with E-state index >= 15 is 0 Å².